The molecule has 2 unspecified atom stereocenters. The molecule has 1 aromatic carbocycles. The summed E-state index contributed by atoms with van der Waals surface area (Å²) < 4.78 is 10.7. The summed E-state index contributed by atoms with van der Waals surface area (Å²) >= 11 is 2.34. The van der Waals surface area contributed by atoms with Gasteiger partial charge in [0, 0.05) is 12.5 Å². The lowest BCUT2D eigenvalue weighted by molar-refractivity contribution is -0.115. The molecule has 130 valence electrons. The highest BCUT2D eigenvalue weighted by Crippen LogP contribution is 2.57. The molecule has 0 radical (unpaired) electrons. The average molecular weight is 440 g/mol. The lowest BCUT2D eigenvalue weighted by Crippen LogP contribution is -2.34. The van der Waals surface area contributed by atoms with Crippen LogP contribution >= 0.6 is 22.6 Å². The van der Waals surface area contributed by atoms with Gasteiger partial charge in [-0.2, -0.15) is 0 Å². The third kappa shape index (κ3) is 3.03. The summed E-state index contributed by atoms with van der Waals surface area (Å²) in [6.45, 7) is 4.52. The summed E-state index contributed by atoms with van der Waals surface area (Å²) in [7, 11) is 1.63. The zero-order valence-corrected chi connectivity index (χ0v) is 16.8. The number of carbonyl (C=O) groups excluding carboxylic acids is 1. The largest absolute Gasteiger partial charge is 0.468 e. The number of benzene rings is 1. The highest BCUT2D eigenvalue weighted by Gasteiger charge is 2.48. The van der Waals surface area contributed by atoms with E-state index < -0.39 is 0 Å². The Kier molecular flexibility index (Phi) is 5.35. The number of ketones is 1. The Balaban J connectivity index is 2.04. The molecule has 4 heteroatoms. The van der Waals surface area contributed by atoms with Crippen molar-refractivity contribution in [3.05, 3.63) is 34.9 Å². The molecule has 0 aromatic heterocycles. The monoisotopic (exact) mass is 440 g/mol. The van der Waals surface area contributed by atoms with Crippen LogP contribution in [-0.4, -0.2) is 23.6 Å². The standard InChI is InChI=1S/C20H25IO3/c1-4-5-8-20-10-14-9-15(24-12-23-3)6-7-16(14)18(20)13(2)19(22)17(21)11-20/h6-7,9,17H,4-5,8,10-12H2,1-3H3. The zero-order valence-electron chi connectivity index (χ0n) is 14.7. The fourth-order valence-corrected chi connectivity index (χ4v) is 5.62. The predicted octanol–water partition coefficient (Wildman–Crippen LogP) is 4.95. The van der Waals surface area contributed by atoms with E-state index in [1.165, 1.54) is 29.5 Å². The Morgan fingerprint density at radius 3 is 2.88 bits per heavy atom. The fraction of sp³-hybridized carbons (Fsp3) is 0.550. The number of fused-ring (bicyclic) bond motifs is 3. The predicted molar refractivity (Wildman–Crippen MR) is 105 cm³/mol. The van der Waals surface area contributed by atoms with Gasteiger partial charge < -0.3 is 9.47 Å². The molecule has 3 rings (SSSR count). The molecule has 0 N–H and O–H groups in total. The Labute approximate surface area is 157 Å². The van der Waals surface area contributed by atoms with Gasteiger partial charge in [0.15, 0.2) is 12.6 Å². The Morgan fingerprint density at radius 1 is 1.38 bits per heavy atom. The lowest BCUT2D eigenvalue weighted by Gasteiger charge is -2.38. The van der Waals surface area contributed by atoms with Gasteiger partial charge >= 0.3 is 0 Å². The van der Waals surface area contributed by atoms with Crippen LogP contribution in [0.5, 0.6) is 5.75 Å². The first-order valence-corrected chi connectivity index (χ1v) is 9.91. The molecule has 0 spiro atoms. The first-order chi connectivity index (χ1) is 11.5. The van der Waals surface area contributed by atoms with Crippen molar-refractivity contribution in [1.29, 1.82) is 0 Å². The number of ether oxygens (including phenoxy) is 2. The minimum absolute atomic E-state index is 0.0988. The molecular formula is C20H25IO3. The SMILES string of the molecule is CCCCC12Cc3cc(OCOC)ccc3C1=C(C)C(=O)C(I)C2. The van der Waals surface area contributed by atoms with Gasteiger partial charge in [-0.15, -0.1) is 0 Å². The van der Waals surface area contributed by atoms with Gasteiger partial charge in [-0.25, -0.2) is 0 Å². The van der Waals surface area contributed by atoms with Crippen LogP contribution in [0.3, 0.4) is 0 Å². The number of methoxy groups -OCH3 is 1. The number of unbranched alkanes of at least 4 members (excludes halogenated alkanes) is 1. The summed E-state index contributed by atoms with van der Waals surface area (Å²) in [5.74, 6) is 1.15. The van der Waals surface area contributed by atoms with Crippen LogP contribution in [0.2, 0.25) is 0 Å². The van der Waals surface area contributed by atoms with Crippen molar-refractivity contribution in [2.45, 2.75) is 49.9 Å². The smallest absolute Gasteiger partial charge is 0.188 e. The van der Waals surface area contributed by atoms with Gasteiger partial charge in [0.25, 0.3) is 0 Å². The Hall–Kier alpha value is -0.880. The van der Waals surface area contributed by atoms with Crippen molar-refractivity contribution in [3.8, 4) is 5.75 Å². The molecule has 2 atom stereocenters. The van der Waals surface area contributed by atoms with Gasteiger partial charge in [0.2, 0.25) is 0 Å². The van der Waals surface area contributed by atoms with Crippen molar-refractivity contribution >= 4 is 33.9 Å². The Morgan fingerprint density at radius 2 is 2.17 bits per heavy atom. The van der Waals surface area contributed by atoms with Crippen molar-refractivity contribution in [2.75, 3.05) is 13.9 Å². The molecule has 0 saturated carbocycles. The van der Waals surface area contributed by atoms with E-state index in [-0.39, 0.29) is 16.1 Å². The van der Waals surface area contributed by atoms with Gasteiger partial charge in [-0.3, -0.25) is 4.79 Å². The number of allylic oxidation sites excluding steroid dienone is 2. The third-order valence-corrected chi connectivity index (χ3v) is 6.36. The molecular weight excluding hydrogens is 415 g/mol. The van der Waals surface area contributed by atoms with Crippen LogP contribution in [0.1, 0.15) is 50.7 Å². The highest BCUT2D eigenvalue weighted by molar-refractivity contribution is 14.1. The van der Waals surface area contributed by atoms with Crippen LogP contribution < -0.4 is 4.74 Å². The van der Waals surface area contributed by atoms with E-state index >= 15 is 0 Å². The second-order valence-corrected chi connectivity index (χ2v) is 8.47. The number of hydrogen-bond acceptors (Lipinski definition) is 3. The lowest BCUT2D eigenvalue weighted by atomic mass is 9.67. The fourth-order valence-electron chi connectivity index (χ4n) is 4.31. The number of halogens is 1. The van der Waals surface area contributed by atoms with E-state index in [1.807, 2.05) is 13.0 Å². The number of rotatable bonds is 6. The normalized spacial score (nSPS) is 25.7. The zero-order chi connectivity index (χ0) is 17.3. The van der Waals surface area contributed by atoms with Crippen molar-refractivity contribution in [1.82, 2.24) is 0 Å². The van der Waals surface area contributed by atoms with Crippen LogP contribution in [0.25, 0.3) is 5.57 Å². The van der Waals surface area contributed by atoms with Crippen molar-refractivity contribution in [3.63, 3.8) is 0 Å². The van der Waals surface area contributed by atoms with Gasteiger partial charge in [-0.05, 0) is 60.6 Å². The molecule has 0 heterocycles. The molecule has 2 aliphatic carbocycles. The third-order valence-electron chi connectivity index (χ3n) is 5.36. The maximum Gasteiger partial charge on any atom is 0.188 e. The van der Waals surface area contributed by atoms with Crippen LogP contribution in [0.15, 0.2) is 23.8 Å². The molecule has 1 aromatic rings. The second-order valence-electron chi connectivity index (χ2n) is 6.97. The number of alkyl halides is 1. The molecule has 0 bridgehead atoms. The maximum atomic E-state index is 12.6. The van der Waals surface area contributed by atoms with E-state index in [9.17, 15) is 4.79 Å². The summed E-state index contributed by atoms with van der Waals surface area (Å²) in [6, 6.07) is 6.26. The molecule has 24 heavy (non-hydrogen) atoms. The van der Waals surface area contributed by atoms with E-state index in [1.54, 1.807) is 7.11 Å². The van der Waals surface area contributed by atoms with Crippen molar-refractivity contribution < 1.29 is 14.3 Å². The van der Waals surface area contributed by atoms with E-state index in [0.717, 1.165) is 30.6 Å². The van der Waals surface area contributed by atoms with Crippen LogP contribution in [0.4, 0.5) is 0 Å². The number of hydrogen-bond donors (Lipinski definition) is 0. The second kappa shape index (κ2) is 7.16. The van der Waals surface area contributed by atoms with E-state index in [2.05, 4.69) is 41.6 Å². The number of Topliss-reactive ketones (excluding diaryl/α,β-unsaturated/α-hetero) is 1. The molecule has 0 saturated heterocycles. The van der Waals surface area contributed by atoms with Crippen LogP contribution in [-0.2, 0) is 16.0 Å². The van der Waals surface area contributed by atoms with E-state index in [0.29, 0.717) is 5.78 Å². The summed E-state index contributed by atoms with van der Waals surface area (Å²) in [4.78, 5) is 12.6. The maximum absolute atomic E-state index is 12.6. The summed E-state index contributed by atoms with van der Waals surface area (Å²) in [5.41, 5.74) is 4.97. The molecule has 0 aliphatic heterocycles. The topological polar surface area (TPSA) is 35.5 Å². The highest BCUT2D eigenvalue weighted by atomic mass is 127. The first kappa shape index (κ1) is 17.9. The summed E-state index contributed by atoms with van der Waals surface area (Å²) in [5, 5.41) is 0. The molecule has 2 aliphatic rings. The minimum Gasteiger partial charge on any atom is -0.468 e. The Bertz CT molecular complexity index is 679. The summed E-state index contributed by atoms with van der Waals surface area (Å²) in [6.07, 6.45) is 5.53. The molecule has 0 fully saturated rings. The quantitative estimate of drug-likeness (QED) is 0.357. The number of carbonyl (C=O) groups is 1. The average Bonchev–Trinajstić information content (AvgIpc) is 2.89. The van der Waals surface area contributed by atoms with Gasteiger partial charge in [0.05, 0.1) is 3.92 Å². The van der Waals surface area contributed by atoms with Gasteiger partial charge in [0.1, 0.15) is 5.75 Å². The van der Waals surface area contributed by atoms with Gasteiger partial charge in [-0.1, -0.05) is 48.4 Å². The van der Waals surface area contributed by atoms with Crippen LogP contribution in [0, 0.1) is 5.41 Å². The van der Waals surface area contributed by atoms with E-state index in [4.69, 9.17) is 9.47 Å². The first-order valence-electron chi connectivity index (χ1n) is 8.67. The molecule has 0 amide bonds. The minimum atomic E-state index is 0.0988. The van der Waals surface area contributed by atoms with Crippen molar-refractivity contribution in [2.24, 2.45) is 5.41 Å². The molecule has 3 nitrogen and oxygen atoms in total.